The van der Waals surface area contributed by atoms with Gasteiger partial charge in [0, 0.05) is 25.4 Å². The molecular weight excluding hydrogens is 256 g/mol. The Morgan fingerprint density at radius 2 is 2.20 bits per heavy atom. The van der Waals surface area contributed by atoms with E-state index in [0.29, 0.717) is 18.7 Å². The van der Waals surface area contributed by atoms with Gasteiger partial charge in [-0.05, 0) is 23.5 Å². The van der Waals surface area contributed by atoms with Gasteiger partial charge in [0.1, 0.15) is 5.69 Å². The number of hydrogen-bond donors (Lipinski definition) is 4. The molecule has 1 aromatic rings. The first-order chi connectivity index (χ1) is 9.40. The van der Waals surface area contributed by atoms with Crippen molar-refractivity contribution in [2.75, 3.05) is 6.61 Å². The third-order valence-electron chi connectivity index (χ3n) is 3.24. The maximum Gasteiger partial charge on any atom is 0.189 e. The van der Waals surface area contributed by atoms with E-state index in [0.717, 1.165) is 5.56 Å². The standard InChI is InChI=1S/C14H24N4O2/c1-14(2,3)11(6-8-19)17-9-10-5-4-7-16-12(10)13(15)18-20/h4-5,7,11,17,19-20H,6,8-9H2,1-3H3,(H2,15,18). The number of aliphatic hydroxyl groups is 1. The Morgan fingerprint density at radius 1 is 1.50 bits per heavy atom. The summed E-state index contributed by atoms with van der Waals surface area (Å²) in [6.07, 6.45) is 2.27. The van der Waals surface area contributed by atoms with Crippen LogP contribution < -0.4 is 11.1 Å². The highest BCUT2D eigenvalue weighted by Crippen LogP contribution is 2.22. The zero-order valence-electron chi connectivity index (χ0n) is 12.3. The second-order valence-corrected chi connectivity index (χ2v) is 5.81. The number of nitrogens with zero attached hydrogens (tertiary/aromatic N) is 2. The first kappa shape index (κ1) is 16.4. The largest absolute Gasteiger partial charge is 0.409 e. The van der Waals surface area contributed by atoms with E-state index in [1.807, 2.05) is 12.1 Å². The predicted molar refractivity (Wildman–Crippen MR) is 78.5 cm³/mol. The number of pyridine rings is 1. The van der Waals surface area contributed by atoms with Gasteiger partial charge in [-0.25, -0.2) is 0 Å². The Balaban J connectivity index is 2.83. The van der Waals surface area contributed by atoms with Gasteiger partial charge in [0.05, 0.1) is 0 Å². The van der Waals surface area contributed by atoms with Gasteiger partial charge in [-0.1, -0.05) is 32.0 Å². The van der Waals surface area contributed by atoms with Crippen LogP contribution in [0.4, 0.5) is 0 Å². The van der Waals surface area contributed by atoms with Crippen LogP contribution in [-0.4, -0.2) is 33.8 Å². The highest BCUT2D eigenvalue weighted by atomic mass is 16.4. The second kappa shape index (κ2) is 7.21. The fourth-order valence-corrected chi connectivity index (χ4v) is 2.06. The van der Waals surface area contributed by atoms with Crippen molar-refractivity contribution in [3.63, 3.8) is 0 Å². The number of nitrogens with two attached hydrogens (primary N) is 1. The summed E-state index contributed by atoms with van der Waals surface area (Å²) in [5.74, 6) is -0.00290. The van der Waals surface area contributed by atoms with Crippen molar-refractivity contribution in [1.82, 2.24) is 10.3 Å². The zero-order valence-corrected chi connectivity index (χ0v) is 12.3. The molecule has 1 unspecified atom stereocenters. The quantitative estimate of drug-likeness (QED) is 0.270. The molecule has 1 atom stereocenters. The topological polar surface area (TPSA) is 104 Å². The minimum absolute atomic E-state index is 0.00290. The zero-order chi connectivity index (χ0) is 15.2. The normalized spacial score (nSPS) is 14.3. The molecule has 1 aromatic heterocycles. The van der Waals surface area contributed by atoms with Crippen LogP contribution in [0.15, 0.2) is 23.5 Å². The van der Waals surface area contributed by atoms with Gasteiger partial charge in [0.25, 0.3) is 0 Å². The van der Waals surface area contributed by atoms with Crippen LogP contribution in [0.2, 0.25) is 0 Å². The van der Waals surface area contributed by atoms with Crippen LogP contribution in [0.3, 0.4) is 0 Å². The predicted octanol–water partition coefficient (Wildman–Crippen LogP) is 1.06. The molecule has 0 aliphatic carbocycles. The Hall–Kier alpha value is -1.66. The molecule has 0 bridgehead atoms. The minimum Gasteiger partial charge on any atom is -0.409 e. The highest BCUT2D eigenvalue weighted by molar-refractivity contribution is 5.96. The van der Waals surface area contributed by atoms with Crippen LogP contribution in [0.5, 0.6) is 0 Å². The molecule has 0 aliphatic heterocycles. The SMILES string of the molecule is CC(C)(C)C(CCO)NCc1cccnc1/C(N)=N/O. The Morgan fingerprint density at radius 3 is 2.75 bits per heavy atom. The third kappa shape index (κ3) is 4.47. The number of oxime groups is 1. The summed E-state index contributed by atoms with van der Waals surface area (Å²) in [5, 5.41) is 24.3. The van der Waals surface area contributed by atoms with E-state index in [9.17, 15) is 0 Å². The van der Waals surface area contributed by atoms with E-state index in [4.69, 9.17) is 16.0 Å². The van der Waals surface area contributed by atoms with Crippen molar-refractivity contribution < 1.29 is 10.3 Å². The van der Waals surface area contributed by atoms with Gasteiger partial charge in [0.15, 0.2) is 5.84 Å². The lowest BCUT2D eigenvalue weighted by Gasteiger charge is -2.31. The summed E-state index contributed by atoms with van der Waals surface area (Å²) in [5.41, 5.74) is 6.97. The van der Waals surface area contributed by atoms with Crippen LogP contribution in [0, 0.1) is 5.41 Å². The molecule has 20 heavy (non-hydrogen) atoms. The number of nitrogens with one attached hydrogen (secondary N) is 1. The summed E-state index contributed by atoms with van der Waals surface area (Å²) in [7, 11) is 0. The number of hydrogen-bond acceptors (Lipinski definition) is 5. The molecule has 0 amide bonds. The summed E-state index contributed by atoms with van der Waals surface area (Å²) in [6.45, 7) is 7.03. The van der Waals surface area contributed by atoms with Crippen LogP contribution in [0.25, 0.3) is 0 Å². The molecule has 0 fully saturated rings. The molecule has 6 heteroatoms. The molecule has 112 valence electrons. The van der Waals surface area contributed by atoms with Crippen molar-refractivity contribution >= 4 is 5.84 Å². The summed E-state index contributed by atoms with van der Waals surface area (Å²) in [6, 6.07) is 3.85. The van der Waals surface area contributed by atoms with Crippen molar-refractivity contribution in [1.29, 1.82) is 0 Å². The van der Waals surface area contributed by atoms with E-state index in [2.05, 4.69) is 36.2 Å². The van der Waals surface area contributed by atoms with Crippen molar-refractivity contribution in [3.05, 3.63) is 29.6 Å². The van der Waals surface area contributed by atoms with Crippen LogP contribution in [0.1, 0.15) is 38.4 Å². The molecule has 0 saturated heterocycles. The van der Waals surface area contributed by atoms with Crippen LogP contribution >= 0.6 is 0 Å². The monoisotopic (exact) mass is 280 g/mol. The van der Waals surface area contributed by atoms with E-state index in [-0.39, 0.29) is 23.9 Å². The average Bonchev–Trinajstić information content (AvgIpc) is 2.41. The maximum atomic E-state index is 9.15. The molecular formula is C14H24N4O2. The maximum absolute atomic E-state index is 9.15. The molecule has 5 N–H and O–H groups in total. The van der Waals surface area contributed by atoms with Crippen LogP contribution in [-0.2, 0) is 6.54 Å². The molecule has 0 spiro atoms. The average molecular weight is 280 g/mol. The first-order valence-corrected chi connectivity index (χ1v) is 6.66. The van der Waals surface area contributed by atoms with Crippen molar-refractivity contribution in [2.45, 2.75) is 39.8 Å². The molecule has 1 rings (SSSR count). The molecule has 1 heterocycles. The van der Waals surface area contributed by atoms with E-state index < -0.39 is 0 Å². The summed E-state index contributed by atoms with van der Waals surface area (Å²) >= 11 is 0. The molecule has 0 aromatic carbocycles. The Bertz CT molecular complexity index is 455. The number of aliphatic hydroxyl groups excluding tert-OH is 1. The lowest BCUT2D eigenvalue weighted by molar-refractivity contribution is 0.196. The molecule has 6 nitrogen and oxygen atoms in total. The van der Waals surface area contributed by atoms with E-state index in [1.165, 1.54) is 0 Å². The summed E-state index contributed by atoms with van der Waals surface area (Å²) in [4.78, 5) is 4.13. The lowest BCUT2D eigenvalue weighted by atomic mass is 9.85. The van der Waals surface area contributed by atoms with Gasteiger partial charge in [-0.2, -0.15) is 0 Å². The Kier molecular flexibility index (Phi) is 5.91. The number of aromatic nitrogens is 1. The van der Waals surface area contributed by atoms with Gasteiger partial charge in [-0.15, -0.1) is 0 Å². The molecule has 0 saturated carbocycles. The lowest BCUT2D eigenvalue weighted by Crippen LogP contribution is -2.41. The smallest absolute Gasteiger partial charge is 0.189 e. The molecule has 0 radical (unpaired) electrons. The number of amidine groups is 1. The van der Waals surface area contributed by atoms with Crippen molar-refractivity contribution in [3.8, 4) is 0 Å². The second-order valence-electron chi connectivity index (χ2n) is 5.81. The fourth-order valence-electron chi connectivity index (χ4n) is 2.06. The third-order valence-corrected chi connectivity index (χ3v) is 3.24. The van der Waals surface area contributed by atoms with Gasteiger partial charge in [0.2, 0.25) is 0 Å². The first-order valence-electron chi connectivity index (χ1n) is 6.66. The van der Waals surface area contributed by atoms with E-state index in [1.54, 1.807) is 6.20 Å². The van der Waals surface area contributed by atoms with Gasteiger partial charge < -0.3 is 21.4 Å². The van der Waals surface area contributed by atoms with Gasteiger partial charge in [-0.3, -0.25) is 4.98 Å². The number of rotatable bonds is 6. The summed E-state index contributed by atoms with van der Waals surface area (Å²) < 4.78 is 0. The van der Waals surface area contributed by atoms with E-state index >= 15 is 0 Å². The molecule has 0 aliphatic rings. The minimum atomic E-state index is -0.00290. The fraction of sp³-hybridized carbons (Fsp3) is 0.571. The van der Waals surface area contributed by atoms with Gasteiger partial charge >= 0.3 is 0 Å². The Labute approximate surface area is 119 Å². The van der Waals surface area contributed by atoms with Crippen molar-refractivity contribution in [2.24, 2.45) is 16.3 Å². The highest BCUT2D eigenvalue weighted by Gasteiger charge is 2.23.